The number of nitrogens with one attached hydrogen (secondary N) is 1. The number of aromatic nitrogens is 1. The second-order valence-corrected chi connectivity index (χ2v) is 16.6. The molecule has 0 radical (unpaired) electrons. The Morgan fingerprint density at radius 1 is 0.952 bits per heavy atom. The molecule has 1 aromatic heterocycles. The number of hydrogen-bond acceptors (Lipinski definition) is 8. The standard InChI is InChI=1S/C29H43N5O6S2/c1-21(2)34-27-7-5-4-6-22(27)18-26(29(34)36)28(35)30-23-19-24-8-9-25(20-23)33(24)15-17-42(39,40)16-14-31-10-12-32(13-11-31)41(3,37)38/h4-7,18,21,23-25H,8-17,19-20H2,1-3H3,(H,30,35)/t23?,24-,25+. The molecule has 0 aliphatic carbocycles. The van der Waals surface area contributed by atoms with Gasteiger partial charge in [-0.25, -0.2) is 16.8 Å². The quantitative estimate of drug-likeness (QED) is 0.421. The van der Waals surface area contributed by atoms with E-state index < -0.39 is 19.9 Å². The van der Waals surface area contributed by atoms with Crippen LogP contribution in [0.3, 0.4) is 0 Å². The smallest absolute Gasteiger partial charge is 0.264 e. The number of sulfonamides is 1. The molecule has 3 saturated heterocycles. The fourth-order valence-electron chi connectivity index (χ4n) is 6.88. The van der Waals surface area contributed by atoms with Crippen LogP contribution in [-0.4, -0.2) is 117 Å². The molecule has 5 rings (SSSR count). The van der Waals surface area contributed by atoms with Crippen molar-refractivity contribution in [2.45, 2.75) is 63.7 Å². The SMILES string of the molecule is CC(C)n1c(=O)c(C(=O)NC2C[C@H]3CC[C@@H](C2)N3CCS(=O)(=O)CCN2CCN(S(C)(=O)=O)CC2)cc2ccccc21. The van der Waals surface area contributed by atoms with E-state index in [-0.39, 0.29) is 52.7 Å². The molecular formula is C29H43N5O6S2. The Hall–Kier alpha value is -2.32. The van der Waals surface area contributed by atoms with Gasteiger partial charge in [-0.3, -0.25) is 19.4 Å². The summed E-state index contributed by atoms with van der Waals surface area (Å²) in [7, 11) is -6.48. The molecule has 1 amide bonds. The van der Waals surface area contributed by atoms with Crippen molar-refractivity contribution in [1.82, 2.24) is 24.0 Å². The second-order valence-electron chi connectivity index (χ2n) is 12.3. The zero-order valence-electron chi connectivity index (χ0n) is 24.7. The minimum atomic E-state index is -3.27. The van der Waals surface area contributed by atoms with Crippen molar-refractivity contribution in [3.05, 3.63) is 46.2 Å². The van der Waals surface area contributed by atoms with Crippen molar-refractivity contribution in [2.24, 2.45) is 0 Å². The monoisotopic (exact) mass is 621 g/mol. The first kappa shape index (κ1) is 31.1. The van der Waals surface area contributed by atoms with Gasteiger partial charge in [0.05, 0.1) is 23.3 Å². The van der Waals surface area contributed by atoms with Crippen LogP contribution in [0.15, 0.2) is 35.1 Å². The molecule has 1 N–H and O–H groups in total. The lowest BCUT2D eigenvalue weighted by molar-refractivity contribution is 0.0856. The summed E-state index contributed by atoms with van der Waals surface area (Å²) in [5, 5.41) is 3.98. The van der Waals surface area contributed by atoms with Crippen molar-refractivity contribution in [3.63, 3.8) is 0 Å². The third-order valence-corrected chi connectivity index (χ3v) is 12.0. The molecule has 4 heterocycles. The fraction of sp³-hybridized carbons (Fsp3) is 0.655. The van der Waals surface area contributed by atoms with E-state index in [1.165, 1.54) is 10.6 Å². The zero-order chi connectivity index (χ0) is 30.2. The number of sulfone groups is 1. The summed E-state index contributed by atoms with van der Waals surface area (Å²) in [6, 6.07) is 9.54. The Bertz CT molecular complexity index is 1570. The van der Waals surface area contributed by atoms with Gasteiger partial charge in [-0.1, -0.05) is 18.2 Å². The van der Waals surface area contributed by atoms with Crippen molar-refractivity contribution in [1.29, 1.82) is 0 Å². The molecule has 1 aromatic carbocycles. The lowest BCUT2D eigenvalue weighted by Crippen LogP contribution is -2.52. The van der Waals surface area contributed by atoms with E-state index in [1.54, 1.807) is 10.6 Å². The number of rotatable bonds is 10. The molecule has 232 valence electrons. The molecule has 3 aliphatic rings. The van der Waals surface area contributed by atoms with Gasteiger partial charge in [-0.15, -0.1) is 0 Å². The number of piperazine rings is 1. The predicted molar refractivity (Wildman–Crippen MR) is 164 cm³/mol. The van der Waals surface area contributed by atoms with E-state index in [9.17, 15) is 26.4 Å². The van der Waals surface area contributed by atoms with Crippen LogP contribution >= 0.6 is 0 Å². The lowest BCUT2D eigenvalue weighted by atomic mass is 9.97. The highest BCUT2D eigenvalue weighted by molar-refractivity contribution is 7.91. The Kier molecular flexibility index (Phi) is 9.15. The molecule has 0 spiro atoms. The number of hydrogen-bond donors (Lipinski definition) is 1. The summed E-state index contributed by atoms with van der Waals surface area (Å²) in [6.45, 7) is 6.62. The summed E-state index contributed by atoms with van der Waals surface area (Å²) in [5.41, 5.74) is 0.676. The Morgan fingerprint density at radius 3 is 2.19 bits per heavy atom. The number of para-hydroxylation sites is 1. The topological polar surface area (TPSA) is 129 Å². The number of pyridine rings is 1. The van der Waals surface area contributed by atoms with E-state index in [2.05, 4.69) is 10.2 Å². The highest BCUT2D eigenvalue weighted by Crippen LogP contribution is 2.35. The lowest BCUT2D eigenvalue weighted by Gasteiger charge is -2.39. The summed E-state index contributed by atoms with van der Waals surface area (Å²) < 4.78 is 52.3. The van der Waals surface area contributed by atoms with Gasteiger partial charge in [0.1, 0.15) is 5.56 Å². The highest BCUT2D eigenvalue weighted by Gasteiger charge is 2.41. The van der Waals surface area contributed by atoms with Gasteiger partial charge in [-0.05, 0) is 57.0 Å². The van der Waals surface area contributed by atoms with Gasteiger partial charge in [0.2, 0.25) is 10.0 Å². The van der Waals surface area contributed by atoms with Gasteiger partial charge >= 0.3 is 0 Å². The summed E-state index contributed by atoms with van der Waals surface area (Å²) in [5.74, 6) is -0.197. The number of amides is 1. The van der Waals surface area contributed by atoms with E-state index >= 15 is 0 Å². The van der Waals surface area contributed by atoms with Crippen LogP contribution in [0, 0.1) is 0 Å². The third-order valence-electron chi connectivity index (χ3n) is 9.11. The van der Waals surface area contributed by atoms with E-state index in [0.717, 1.165) is 36.6 Å². The maximum absolute atomic E-state index is 13.3. The first-order valence-electron chi connectivity index (χ1n) is 14.9. The van der Waals surface area contributed by atoms with Crippen LogP contribution in [0.4, 0.5) is 0 Å². The molecule has 3 fully saturated rings. The highest BCUT2D eigenvalue weighted by atomic mass is 32.2. The molecule has 13 heteroatoms. The van der Waals surface area contributed by atoms with Gasteiger partial charge in [0.15, 0.2) is 9.84 Å². The average molecular weight is 622 g/mol. The molecule has 42 heavy (non-hydrogen) atoms. The molecule has 2 aromatic rings. The zero-order valence-corrected chi connectivity index (χ0v) is 26.4. The third kappa shape index (κ3) is 6.91. The van der Waals surface area contributed by atoms with Crippen LogP contribution in [0.2, 0.25) is 0 Å². The number of carbonyl (C=O) groups is 1. The first-order chi connectivity index (χ1) is 19.8. The normalized spacial score (nSPS) is 24.4. The van der Waals surface area contributed by atoms with E-state index in [0.29, 0.717) is 39.3 Å². The Morgan fingerprint density at radius 2 is 1.57 bits per heavy atom. The Labute approximate surface area is 248 Å². The molecule has 0 saturated carbocycles. The molecule has 1 unspecified atom stereocenters. The maximum Gasteiger partial charge on any atom is 0.264 e. The summed E-state index contributed by atoms with van der Waals surface area (Å²) in [6.07, 6.45) is 4.61. The minimum Gasteiger partial charge on any atom is -0.349 e. The van der Waals surface area contributed by atoms with Crippen LogP contribution in [0.25, 0.3) is 10.9 Å². The largest absolute Gasteiger partial charge is 0.349 e. The molecular weight excluding hydrogens is 578 g/mol. The Balaban J connectivity index is 1.14. The van der Waals surface area contributed by atoms with Crippen LogP contribution in [-0.2, 0) is 19.9 Å². The second kappa shape index (κ2) is 12.4. The predicted octanol–water partition coefficient (Wildman–Crippen LogP) is 1.30. The van der Waals surface area contributed by atoms with Gasteiger partial charge in [0.25, 0.3) is 11.5 Å². The fourth-order valence-corrected chi connectivity index (χ4v) is 8.94. The van der Waals surface area contributed by atoms with Crippen molar-refractivity contribution in [3.8, 4) is 0 Å². The summed E-state index contributed by atoms with van der Waals surface area (Å²) in [4.78, 5) is 31.0. The summed E-state index contributed by atoms with van der Waals surface area (Å²) >= 11 is 0. The number of nitrogens with zero attached hydrogens (tertiary/aromatic N) is 4. The van der Waals surface area contributed by atoms with Crippen molar-refractivity contribution in [2.75, 3.05) is 57.0 Å². The number of fused-ring (bicyclic) bond motifs is 3. The molecule has 11 nitrogen and oxygen atoms in total. The molecule has 3 atom stereocenters. The number of carbonyl (C=O) groups excluding carboxylic acids is 1. The van der Waals surface area contributed by atoms with Crippen LogP contribution < -0.4 is 10.9 Å². The van der Waals surface area contributed by atoms with Crippen molar-refractivity contribution >= 4 is 36.7 Å². The van der Waals surface area contributed by atoms with Gasteiger partial charge in [0, 0.05) is 63.4 Å². The average Bonchev–Trinajstić information content (AvgIpc) is 3.17. The van der Waals surface area contributed by atoms with Crippen molar-refractivity contribution < 1.29 is 21.6 Å². The van der Waals surface area contributed by atoms with E-state index in [4.69, 9.17) is 0 Å². The molecule has 3 aliphatic heterocycles. The maximum atomic E-state index is 13.3. The van der Waals surface area contributed by atoms with Gasteiger partial charge < -0.3 is 9.88 Å². The first-order valence-corrected chi connectivity index (χ1v) is 18.6. The number of benzene rings is 1. The van der Waals surface area contributed by atoms with Crippen LogP contribution in [0.1, 0.15) is 55.9 Å². The minimum absolute atomic E-state index is 0.0629. The van der Waals surface area contributed by atoms with Crippen LogP contribution in [0.5, 0.6) is 0 Å². The van der Waals surface area contributed by atoms with Gasteiger partial charge in [-0.2, -0.15) is 4.31 Å². The molecule has 2 bridgehead atoms. The number of piperidine rings is 1. The van der Waals surface area contributed by atoms with E-state index in [1.807, 2.05) is 43.0 Å².